The molecule has 41 heavy (non-hydrogen) atoms. The molecule has 0 saturated carbocycles. The number of aromatic nitrogens is 2. The van der Waals surface area contributed by atoms with E-state index in [1.807, 2.05) is 4.90 Å². The van der Waals surface area contributed by atoms with Gasteiger partial charge in [0.25, 0.3) is 5.91 Å². The molecule has 10 heteroatoms. The first-order valence-electron chi connectivity index (χ1n) is 14.9. The van der Waals surface area contributed by atoms with Gasteiger partial charge in [-0.25, -0.2) is 14.4 Å². The Kier molecular flexibility index (Phi) is 11.0. The fourth-order valence-corrected chi connectivity index (χ4v) is 6.59. The lowest BCUT2D eigenvalue weighted by Gasteiger charge is -2.38. The fraction of sp³-hybridized carbons (Fsp3) is 0.645. The highest BCUT2D eigenvalue weighted by Crippen LogP contribution is 2.33. The fourth-order valence-electron chi connectivity index (χ4n) is 6.18. The van der Waals surface area contributed by atoms with E-state index in [2.05, 4.69) is 45.8 Å². The van der Waals surface area contributed by atoms with E-state index in [9.17, 15) is 9.18 Å². The van der Waals surface area contributed by atoms with Gasteiger partial charge in [-0.05, 0) is 81.4 Å². The minimum absolute atomic E-state index is 0.0541. The number of nitrogens with zero attached hydrogens (tertiary/aromatic N) is 3. The molecule has 2 aromatic rings. The highest BCUT2D eigenvalue weighted by molar-refractivity contribution is 7.98. The number of halogens is 1. The maximum absolute atomic E-state index is 13.7. The van der Waals surface area contributed by atoms with Crippen LogP contribution in [0.15, 0.2) is 35.2 Å². The number of likely N-dealkylation sites (tertiary alicyclic amines) is 1. The van der Waals surface area contributed by atoms with Crippen LogP contribution in [0.4, 0.5) is 4.39 Å². The van der Waals surface area contributed by atoms with E-state index < -0.39 is 6.67 Å². The van der Waals surface area contributed by atoms with Crippen LogP contribution in [0.5, 0.6) is 0 Å². The van der Waals surface area contributed by atoms with Crippen LogP contribution >= 0.6 is 11.8 Å². The number of rotatable bonds is 10. The van der Waals surface area contributed by atoms with Crippen molar-refractivity contribution in [2.75, 3.05) is 39.7 Å². The van der Waals surface area contributed by atoms with Crippen LogP contribution < -0.4 is 5.32 Å². The number of carbonyl (C=O) groups is 1. The molecule has 1 aromatic carbocycles. The van der Waals surface area contributed by atoms with Gasteiger partial charge in [-0.1, -0.05) is 12.1 Å². The predicted octanol–water partition coefficient (Wildman–Crippen LogP) is 4.91. The Hall–Kier alpha value is -2.11. The van der Waals surface area contributed by atoms with Crippen LogP contribution in [0.3, 0.4) is 0 Å². The predicted molar refractivity (Wildman–Crippen MR) is 157 cm³/mol. The van der Waals surface area contributed by atoms with Gasteiger partial charge in [0.15, 0.2) is 5.82 Å². The Morgan fingerprint density at radius 3 is 2.68 bits per heavy atom. The van der Waals surface area contributed by atoms with Crippen molar-refractivity contribution in [1.82, 2.24) is 20.2 Å². The van der Waals surface area contributed by atoms with Gasteiger partial charge in [-0.3, -0.25) is 4.79 Å². The standard InChI is InChI=1S/C31H43FN4O4S/c1-38-29-20-39-17-14-26(29)33-22-12-15-36(16-13-22)31(37)27-18-23(34-30(19-32)35-27)8-9-24-4-3-5-28(40-24)21-6-10-25(41-2)11-7-21/h6-7,10-11,18,22,24,26,28-29,33H,3-5,8-9,12-17,19-20H2,1-2H3/t24-,26+,28+,29-/m1/s1. The van der Waals surface area contributed by atoms with E-state index in [-0.39, 0.29) is 41.8 Å². The molecule has 0 unspecified atom stereocenters. The summed E-state index contributed by atoms with van der Waals surface area (Å²) in [6, 6.07) is 11.0. The quantitative estimate of drug-likeness (QED) is 0.393. The maximum Gasteiger partial charge on any atom is 0.272 e. The molecule has 0 bridgehead atoms. The van der Waals surface area contributed by atoms with Crippen molar-refractivity contribution in [2.24, 2.45) is 0 Å². The number of hydrogen-bond donors (Lipinski definition) is 1. The average Bonchev–Trinajstić information content (AvgIpc) is 3.04. The molecule has 3 saturated heterocycles. The van der Waals surface area contributed by atoms with E-state index in [1.54, 1.807) is 24.9 Å². The van der Waals surface area contributed by atoms with Crippen molar-refractivity contribution in [3.63, 3.8) is 0 Å². The molecule has 4 atom stereocenters. The van der Waals surface area contributed by atoms with E-state index in [1.165, 1.54) is 10.5 Å². The first kappa shape index (κ1) is 30.4. The molecule has 3 aliphatic rings. The number of alkyl halides is 1. The summed E-state index contributed by atoms with van der Waals surface area (Å²) in [5.41, 5.74) is 2.20. The van der Waals surface area contributed by atoms with Crippen molar-refractivity contribution in [3.8, 4) is 0 Å². The summed E-state index contributed by atoms with van der Waals surface area (Å²) in [4.78, 5) is 25.1. The number of aryl methyl sites for hydroxylation is 1. The van der Waals surface area contributed by atoms with Gasteiger partial charge in [0, 0.05) is 49.5 Å². The van der Waals surface area contributed by atoms with Crippen LogP contribution in [0.2, 0.25) is 0 Å². The van der Waals surface area contributed by atoms with Gasteiger partial charge < -0.3 is 24.4 Å². The summed E-state index contributed by atoms with van der Waals surface area (Å²) in [6.07, 6.45) is 9.48. The summed E-state index contributed by atoms with van der Waals surface area (Å²) in [5.74, 6) is -0.0749. The molecule has 4 heterocycles. The van der Waals surface area contributed by atoms with Crippen LogP contribution in [0, 0.1) is 0 Å². The van der Waals surface area contributed by atoms with Crippen molar-refractivity contribution in [3.05, 3.63) is 53.1 Å². The zero-order valence-electron chi connectivity index (χ0n) is 24.2. The molecule has 224 valence electrons. The van der Waals surface area contributed by atoms with Gasteiger partial charge in [0.1, 0.15) is 12.4 Å². The second-order valence-electron chi connectivity index (χ2n) is 11.3. The van der Waals surface area contributed by atoms with Crippen LogP contribution in [0.25, 0.3) is 0 Å². The monoisotopic (exact) mass is 586 g/mol. The molecular formula is C31H43FN4O4S. The number of amides is 1. The summed E-state index contributed by atoms with van der Waals surface area (Å²) in [6.45, 7) is 1.83. The molecule has 3 fully saturated rings. The molecule has 5 rings (SSSR count). The summed E-state index contributed by atoms with van der Waals surface area (Å²) >= 11 is 1.74. The number of thioether (sulfide) groups is 1. The third-order valence-electron chi connectivity index (χ3n) is 8.56. The number of ether oxygens (including phenoxy) is 3. The number of methoxy groups -OCH3 is 1. The Bertz CT molecular complexity index is 1130. The van der Waals surface area contributed by atoms with Gasteiger partial charge in [0.2, 0.25) is 0 Å². The number of nitrogens with one attached hydrogen (secondary N) is 1. The van der Waals surface area contributed by atoms with E-state index in [0.29, 0.717) is 37.9 Å². The minimum atomic E-state index is -0.792. The molecule has 0 aliphatic carbocycles. The maximum atomic E-state index is 13.7. The first-order chi connectivity index (χ1) is 20.1. The molecule has 1 N–H and O–H groups in total. The van der Waals surface area contributed by atoms with Gasteiger partial charge in [0.05, 0.1) is 24.9 Å². The molecule has 0 spiro atoms. The summed E-state index contributed by atoms with van der Waals surface area (Å²) in [7, 11) is 1.72. The van der Waals surface area contributed by atoms with Crippen LogP contribution in [0.1, 0.15) is 78.6 Å². The smallest absolute Gasteiger partial charge is 0.272 e. The molecule has 0 radical (unpaired) electrons. The van der Waals surface area contributed by atoms with Crippen molar-refractivity contribution in [1.29, 1.82) is 0 Å². The Morgan fingerprint density at radius 2 is 1.95 bits per heavy atom. The molecule has 1 aromatic heterocycles. The lowest BCUT2D eigenvalue weighted by molar-refractivity contribution is -0.0547. The number of hydrogen-bond acceptors (Lipinski definition) is 8. The largest absolute Gasteiger partial charge is 0.379 e. The van der Waals surface area contributed by atoms with Crippen LogP contribution in [-0.2, 0) is 27.3 Å². The average molecular weight is 587 g/mol. The molecular weight excluding hydrogens is 543 g/mol. The number of carbonyl (C=O) groups excluding carboxylic acids is 1. The van der Waals surface area contributed by atoms with Crippen molar-refractivity contribution >= 4 is 17.7 Å². The highest BCUT2D eigenvalue weighted by Gasteiger charge is 2.31. The van der Waals surface area contributed by atoms with Crippen molar-refractivity contribution < 1.29 is 23.4 Å². The van der Waals surface area contributed by atoms with Gasteiger partial charge in [-0.2, -0.15) is 0 Å². The molecule has 3 aliphatic heterocycles. The normalized spacial score (nSPS) is 25.8. The lowest BCUT2D eigenvalue weighted by Crippen LogP contribution is -2.54. The van der Waals surface area contributed by atoms with E-state index >= 15 is 0 Å². The summed E-state index contributed by atoms with van der Waals surface area (Å²) in [5, 5.41) is 3.72. The number of benzene rings is 1. The Balaban J connectivity index is 1.15. The van der Waals surface area contributed by atoms with E-state index in [4.69, 9.17) is 14.2 Å². The zero-order valence-corrected chi connectivity index (χ0v) is 25.0. The van der Waals surface area contributed by atoms with Gasteiger partial charge in [-0.15, -0.1) is 11.8 Å². The van der Waals surface area contributed by atoms with Crippen LogP contribution in [-0.4, -0.2) is 84.7 Å². The SMILES string of the molecule is CO[C@@H]1COCC[C@@H]1NC1CCN(C(=O)c2cc(CC[C@H]3CCC[C@@H](c4ccc(SC)cc4)O3)nc(CF)n2)CC1. The topological polar surface area (TPSA) is 85.8 Å². The summed E-state index contributed by atoms with van der Waals surface area (Å²) < 4.78 is 31.3. The molecule has 8 nitrogen and oxygen atoms in total. The zero-order chi connectivity index (χ0) is 28.6. The third-order valence-corrected chi connectivity index (χ3v) is 9.31. The van der Waals surface area contributed by atoms with Gasteiger partial charge >= 0.3 is 0 Å². The van der Waals surface area contributed by atoms with Crippen molar-refractivity contribution in [2.45, 2.75) is 93.3 Å². The number of piperidine rings is 1. The molecule has 1 amide bonds. The van der Waals surface area contributed by atoms with E-state index in [0.717, 1.165) is 51.6 Å². The first-order valence-corrected chi connectivity index (χ1v) is 16.2. The second-order valence-corrected chi connectivity index (χ2v) is 12.1. The lowest BCUT2D eigenvalue weighted by atomic mass is 9.96. The minimum Gasteiger partial charge on any atom is -0.379 e. The Morgan fingerprint density at radius 1 is 1.15 bits per heavy atom. The second kappa shape index (κ2) is 14.9. The highest BCUT2D eigenvalue weighted by atomic mass is 32.2. The Labute approximate surface area is 247 Å². The third kappa shape index (κ3) is 8.04.